The fourth-order valence-corrected chi connectivity index (χ4v) is 0. The zero-order valence-corrected chi connectivity index (χ0v) is 5.48. The fraction of sp³-hybridized carbons (Fsp3) is 0.500. The Morgan fingerprint density at radius 3 is 1.78 bits per heavy atom. The fourth-order valence-electron chi connectivity index (χ4n) is 0. The molecule has 0 aliphatic rings. The summed E-state index contributed by atoms with van der Waals surface area (Å²) in [6, 6.07) is 0. The molecule has 2 N–H and O–H groups in total. The molecule has 0 saturated heterocycles. The molecule has 0 aliphatic carbocycles. The van der Waals surface area contributed by atoms with Crippen molar-refractivity contribution in [1.82, 2.24) is 0 Å². The third-order valence-electron chi connectivity index (χ3n) is 0.201. The number of carbonyl (C=O) groups is 1. The summed E-state index contributed by atoms with van der Waals surface area (Å²) in [4.78, 5) is 9.47. The molecule has 0 atom stereocenters. The van der Waals surface area contributed by atoms with E-state index in [4.69, 9.17) is 0 Å². The molecular weight excluding hydrogens is 125 g/mol. The van der Waals surface area contributed by atoms with E-state index >= 15 is 0 Å². The minimum absolute atomic E-state index is 0. The maximum atomic E-state index is 9.47. The van der Waals surface area contributed by atoms with Crippen molar-refractivity contribution < 1.29 is 4.79 Å². The second-order valence-electron chi connectivity index (χ2n) is 1.31. The van der Waals surface area contributed by atoms with Gasteiger partial charge in [0.15, 0.2) is 0 Å². The van der Waals surface area contributed by atoms with Crippen LogP contribution in [0.2, 0.25) is 0 Å². The second-order valence-corrected chi connectivity index (χ2v) is 1.31. The molecule has 0 spiro atoms. The van der Waals surface area contributed by atoms with E-state index in [0.29, 0.717) is 0 Å². The summed E-state index contributed by atoms with van der Waals surface area (Å²) in [5.41, 5.74) is 4.53. The molecule has 9 heavy (non-hydrogen) atoms. The average Bonchev–Trinajstić information content (AvgIpc) is 1.69. The summed E-state index contributed by atoms with van der Waals surface area (Å²) in [6.07, 6.45) is 2.31. The molecule has 0 aromatic carbocycles. The van der Waals surface area contributed by atoms with Gasteiger partial charge in [0.05, 0.1) is 0 Å². The predicted molar refractivity (Wildman–Crippen MR) is 42.5 cm³/mol. The van der Waals surface area contributed by atoms with Crippen molar-refractivity contribution in [3.05, 3.63) is 12.7 Å². The van der Waals surface area contributed by atoms with Crippen LogP contribution < -0.4 is 5.73 Å². The standard InChI is InChI=1S/C3H5NO.C3H8.Na.H/c1-2-3(4)5;1-3-2;;/h2H,1H2,(H2,4,5);3H2,1-2H3;;. The van der Waals surface area contributed by atoms with E-state index in [1.807, 2.05) is 0 Å². The van der Waals surface area contributed by atoms with Gasteiger partial charge in [-0.3, -0.25) is 4.79 Å². The number of amides is 1. The molecular formula is C6H14NNaO. The Bertz CT molecular complexity index is 73.5. The Morgan fingerprint density at radius 1 is 1.67 bits per heavy atom. The van der Waals surface area contributed by atoms with Gasteiger partial charge in [-0.15, -0.1) is 0 Å². The van der Waals surface area contributed by atoms with Crippen molar-refractivity contribution in [3.63, 3.8) is 0 Å². The van der Waals surface area contributed by atoms with E-state index in [1.165, 1.54) is 6.42 Å². The molecule has 0 rings (SSSR count). The van der Waals surface area contributed by atoms with Crippen molar-refractivity contribution >= 4 is 35.5 Å². The molecule has 1 amide bonds. The minimum atomic E-state index is -0.481. The molecule has 0 saturated carbocycles. The third-order valence-corrected chi connectivity index (χ3v) is 0.201. The summed E-state index contributed by atoms with van der Waals surface area (Å²) in [5, 5.41) is 0. The first-order chi connectivity index (χ1) is 3.68. The third kappa shape index (κ3) is 64.8. The van der Waals surface area contributed by atoms with Crippen LogP contribution in [0.4, 0.5) is 0 Å². The molecule has 0 aliphatic heterocycles. The molecule has 0 fully saturated rings. The quantitative estimate of drug-likeness (QED) is 0.415. The van der Waals surface area contributed by atoms with Crippen LogP contribution in [0.15, 0.2) is 12.7 Å². The summed E-state index contributed by atoms with van der Waals surface area (Å²) in [6.45, 7) is 7.34. The number of primary amides is 1. The molecule has 0 aromatic heterocycles. The van der Waals surface area contributed by atoms with E-state index in [2.05, 4.69) is 26.2 Å². The summed E-state index contributed by atoms with van der Waals surface area (Å²) < 4.78 is 0. The van der Waals surface area contributed by atoms with Crippen molar-refractivity contribution in [2.75, 3.05) is 0 Å². The number of carbonyl (C=O) groups excluding carboxylic acids is 1. The molecule has 2 nitrogen and oxygen atoms in total. The number of hydrogen-bond donors (Lipinski definition) is 1. The van der Waals surface area contributed by atoms with Crippen LogP contribution in [0.25, 0.3) is 0 Å². The average molecular weight is 139 g/mol. The van der Waals surface area contributed by atoms with Gasteiger partial charge in [-0.25, -0.2) is 0 Å². The van der Waals surface area contributed by atoms with Gasteiger partial charge in [0, 0.05) is 0 Å². The van der Waals surface area contributed by atoms with Crippen LogP contribution in [0.3, 0.4) is 0 Å². The summed E-state index contributed by atoms with van der Waals surface area (Å²) >= 11 is 0. The van der Waals surface area contributed by atoms with E-state index in [1.54, 1.807) is 0 Å². The van der Waals surface area contributed by atoms with Crippen LogP contribution >= 0.6 is 0 Å². The van der Waals surface area contributed by atoms with Crippen LogP contribution in [0.5, 0.6) is 0 Å². The Balaban J connectivity index is -0.0000000800. The normalized spacial score (nSPS) is 5.56. The SMILES string of the molecule is C=CC(N)=O.CCC.[NaH]. The van der Waals surface area contributed by atoms with Gasteiger partial charge in [0.25, 0.3) is 0 Å². The predicted octanol–water partition coefficient (Wildman–Crippen LogP) is 0.425. The Morgan fingerprint density at radius 2 is 1.78 bits per heavy atom. The zero-order chi connectivity index (χ0) is 6.99. The topological polar surface area (TPSA) is 43.1 Å². The van der Waals surface area contributed by atoms with Crippen LogP contribution in [0, 0.1) is 0 Å². The van der Waals surface area contributed by atoms with Gasteiger partial charge in [0.2, 0.25) is 5.91 Å². The number of hydrogen-bond acceptors (Lipinski definition) is 1. The van der Waals surface area contributed by atoms with Crippen LogP contribution in [-0.2, 0) is 4.79 Å². The molecule has 0 aromatic rings. The molecule has 0 bridgehead atoms. The first-order valence-corrected chi connectivity index (χ1v) is 2.60. The zero-order valence-electron chi connectivity index (χ0n) is 5.48. The van der Waals surface area contributed by atoms with Gasteiger partial charge < -0.3 is 5.73 Å². The second kappa shape index (κ2) is 15.7. The van der Waals surface area contributed by atoms with Gasteiger partial charge in [-0.2, -0.15) is 0 Å². The van der Waals surface area contributed by atoms with E-state index in [0.717, 1.165) is 6.08 Å². The molecule has 0 radical (unpaired) electrons. The Hall–Kier alpha value is 0.210. The van der Waals surface area contributed by atoms with E-state index in [9.17, 15) is 4.79 Å². The van der Waals surface area contributed by atoms with Crippen molar-refractivity contribution in [1.29, 1.82) is 0 Å². The molecule has 0 unspecified atom stereocenters. The van der Waals surface area contributed by atoms with E-state index < -0.39 is 5.91 Å². The van der Waals surface area contributed by atoms with Crippen LogP contribution in [0.1, 0.15) is 20.3 Å². The van der Waals surface area contributed by atoms with Crippen molar-refractivity contribution in [2.45, 2.75) is 20.3 Å². The first-order valence-electron chi connectivity index (χ1n) is 2.60. The Labute approximate surface area is 78.8 Å². The maximum absolute atomic E-state index is 9.47. The Kier molecular flexibility index (Phi) is 28.1. The van der Waals surface area contributed by atoms with Gasteiger partial charge in [0.1, 0.15) is 0 Å². The first kappa shape index (κ1) is 16.1. The molecule has 50 valence electrons. The monoisotopic (exact) mass is 139 g/mol. The van der Waals surface area contributed by atoms with Gasteiger partial charge in [-0.1, -0.05) is 26.8 Å². The summed E-state index contributed by atoms with van der Waals surface area (Å²) in [5.74, 6) is -0.481. The molecule has 0 heterocycles. The van der Waals surface area contributed by atoms with E-state index in [-0.39, 0.29) is 29.6 Å². The molecule has 3 heteroatoms. The number of nitrogens with two attached hydrogens (primary N) is 1. The van der Waals surface area contributed by atoms with Crippen molar-refractivity contribution in [3.8, 4) is 0 Å². The summed E-state index contributed by atoms with van der Waals surface area (Å²) in [7, 11) is 0. The number of rotatable bonds is 1. The van der Waals surface area contributed by atoms with Crippen LogP contribution in [-0.4, -0.2) is 35.5 Å². The van der Waals surface area contributed by atoms with Gasteiger partial charge in [-0.05, 0) is 6.08 Å². The van der Waals surface area contributed by atoms with Gasteiger partial charge >= 0.3 is 29.6 Å². The van der Waals surface area contributed by atoms with Crippen molar-refractivity contribution in [2.24, 2.45) is 5.73 Å².